The molecule has 0 aromatic heterocycles. The van der Waals surface area contributed by atoms with Crippen LogP contribution in [-0.4, -0.2) is 14.9 Å². The topological polar surface area (TPSA) is 9.23 Å². The monoisotopic (exact) mass is 398 g/mol. The third kappa shape index (κ3) is 11.5. The van der Waals surface area contributed by atoms with Crippen molar-refractivity contribution in [2.45, 2.75) is 51.7 Å². The Kier molecular flexibility index (Phi) is 11.1. The maximum absolute atomic E-state index is 6.06. The van der Waals surface area contributed by atoms with Gasteiger partial charge in [-0.15, -0.1) is 0 Å². The van der Waals surface area contributed by atoms with Gasteiger partial charge in [0.25, 0.3) is 0 Å². The summed E-state index contributed by atoms with van der Waals surface area (Å²) in [4.78, 5) is 0. The summed E-state index contributed by atoms with van der Waals surface area (Å²) in [5.41, 5.74) is 1.18. The van der Waals surface area contributed by atoms with Crippen LogP contribution in [0, 0.1) is 47.4 Å². The number of allylic oxidation sites excluding steroid dienone is 3. The maximum atomic E-state index is 6.06. The van der Waals surface area contributed by atoms with Crippen molar-refractivity contribution < 1.29 is 4.43 Å². The van der Waals surface area contributed by atoms with E-state index in [1.807, 2.05) is 36.4 Å². The minimum Gasteiger partial charge on any atom is -0.416 e. The van der Waals surface area contributed by atoms with Gasteiger partial charge in [0, 0.05) is 19.4 Å². The average molecular weight is 399 g/mol. The van der Waals surface area contributed by atoms with Crippen LogP contribution in [0.3, 0.4) is 0 Å². The van der Waals surface area contributed by atoms with Gasteiger partial charge in [0.05, 0.1) is 0 Å². The lowest BCUT2D eigenvalue weighted by atomic mass is 10.2. The first-order valence-corrected chi connectivity index (χ1v) is 12.7. The molecule has 0 radical (unpaired) electrons. The fourth-order valence-corrected chi connectivity index (χ4v) is 2.88. The number of hydrogen-bond donors (Lipinski definition) is 0. The summed E-state index contributed by atoms with van der Waals surface area (Å²) in [6.07, 6.45) is 9.40. The summed E-state index contributed by atoms with van der Waals surface area (Å²) in [5, 5.41) is 0.228. The van der Waals surface area contributed by atoms with Crippen LogP contribution < -0.4 is 0 Å². The highest BCUT2D eigenvalue weighted by Crippen LogP contribution is 2.36. The maximum Gasteiger partial charge on any atom is 0.192 e. The molecule has 0 bridgehead atoms. The second kappa shape index (κ2) is 13.3. The molecular weight excluding hydrogens is 368 g/mol. The minimum absolute atomic E-state index is 0.228. The van der Waals surface area contributed by atoms with E-state index in [0.29, 0.717) is 19.4 Å². The zero-order valence-corrected chi connectivity index (χ0v) is 19.2. The Bertz CT molecular complexity index is 928. The summed E-state index contributed by atoms with van der Waals surface area (Å²) >= 11 is 0. The Morgan fingerprint density at radius 1 is 0.862 bits per heavy atom. The lowest BCUT2D eigenvalue weighted by Gasteiger charge is -2.35. The van der Waals surface area contributed by atoms with Gasteiger partial charge < -0.3 is 4.43 Å². The van der Waals surface area contributed by atoms with Gasteiger partial charge in [-0.3, -0.25) is 0 Å². The first kappa shape index (κ1) is 24.2. The third-order valence-electron chi connectivity index (χ3n) is 4.54. The molecule has 1 nitrogen and oxygen atoms in total. The molecule has 0 N–H and O–H groups in total. The third-order valence-corrected chi connectivity index (χ3v) is 9.08. The molecule has 29 heavy (non-hydrogen) atoms. The zero-order valence-electron chi connectivity index (χ0n) is 18.2. The van der Waals surface area contributed by atoms with Crippen LogP contribution in [0.1, 0.15) is 39.2 Å². The molecule has 0 aliphatic heterocycles. The van der Waals surface area contributed by atoms with Crippen molar-refractivity contribution in [1.82, 2.24) is 0 Å². The zero-order chi connectivity index (χ0) is 21.4. The van der Waals surface area contributed by atoms with E-state index in [2.05, 4.69) is 99.4 Å². The number of hydrogen-bond acceptors (Lipinski definition) is 1. The molecule has 0 saturated heterocycles. The van der Waals surface area contributed by atoms with Gasteiger partial charge in [-0.05, 0) is 59.2 Å². The molecule has 0 heterocycles. The molecule has 1 aromatic rings. The Hall–Kier alpha value is -2.88. The van der Waals surface area contributed by atoms with Crippen LogP contribution in [0.15, 0.2) is 48.6 Å². The van der Waals surface area contributed by atoms with Gasteiger partial charge in [-0.2, -0.15) is 0 Å². The predicted molar refractivity (Wildman–Crippen MR) is 128 cm³/mol. The Balaban J connectivity index is 2.25. The molecule has 0 atom stereocenters. The van der Waals surface area contributed by atoms with E-state index in [-0.39, 0.29) is 5.04 Å². The van der Waals surface area contributed by atoms with E-state index in [4.69, 9.17) is 4.43 Å². The van der Waals surface area contributed by atoms with E-state index >= 15 is 0 Å². The molecule has 148 valence electrons. The van der Waals surface area contributed by atoms with Crippen molar-refractivity contribution >= 4 is 14.4 Å². The van der Waals surface area contributed by atoms with Gasteiger partial charge in [-0.1, -0.05) is 87.2 Å². The van der Waals surface area contributed by atoms with Crippen LogP contribution in [0.25, 0.3) is 6.08 Å². The van der Waals surface area contributed by atoms with Gasteiger partial charge in [0.2, 0.25) is 0 Å². The Morgan fingerprint density at radius 3 is 2.14 bits per heavy atom. The molecule has 0 amide bonds. The fraction of sp³-hybridized carbons (Fsp3) is 0.333. The average Bonchev–Trinajstić information content (AvgIpc) is 2.67. The Labute approximate surface area is 178 Å². The quantitative estimate of drug-likeness (QED) is 0.244. The molecule has 2 heteroatoms. The molecule has 0 saturated carbocycles. The standard InChI is InChI=1S/C27H30OSi/c1-27(2,3)29(4,5)28-25-21-16-14-12-10-8-6-7-9-11-13-15-18-22-26-23-19-17-20-24-26/h13,15,17-20,22-24H,11,21,25H2,1-5H3/b15-13+,22-18+. The molecular formula is C27H30OSi. The van der Waals surface area contributed by atoms with Crippen molar-refractivity contribution in [3.05, 3.63) is 54.1 Å². The first-order valence-electron chi connectivity index (χ1n) is 9.81. The second-order valence-electron chi connectivity index (χ2n) is 7.86. The highest BCUT2D eigenvalue weighted by Gasteiger charge is 2.36. The number of rotatable bonds is 6. The van der Waals surface area contributed by atoms with Gasteiger partial charge in [0.1, 0.15) is 0 Å². The minimum atomic E-state index is -1.68. The van der Waals surface area contributed by atoms with E-state index in [1.165, 1.54) is 5.56 Å². The Morgan fingerprint density at radius 2 is 1.48 bits per heavy atom. The van der Waals surface area contributed by atoms with Gasteiger partial charge >= 0.3 is 0 Å². The van der Waals surface area contributed by atoms with E-state index in [0.717, 1.165) is 0 Å². The lowest BCUT2D eigenvalue weighted by molar-refractivity contribution is 0.296. The SMILES string of the molecule is CC(C)(C)[Si](C)(C)OCCC#CC#CC#CC#CC/C=C/C=C/c1ccccc1. The largest absolute Gasteiger partial charge is 0.416 e. The highest BCUT2D eigenvalue weighted by atomic mass is 28.4. The highest BCUT2D eigenvalue weighted by molar-refractivity contribution is 6.74. The van der Waals surface area contributed by atoms with E-state index in [9.17, 15) is 0 Å². The second-order valence-corrected chi connectivity index (χ2v) is 12.7. The summed E-state index contributed by atoms with van der Waals surface area (Å²) in [6.45, 7) is 11.9. The van der Waals surface area contributed by atoms with Crippen molar-refractivity contribution in [3.8, 4) is 47.4 Å². The molecule has 0 unspecified atom stereocenters. The predicted octanol–water partition coefficient (Wildman–Crippen LogP) is 6.07. The van der Waals surface area contributed by atoms with Crippen LogP contribution in [0.4, 0.5) is 0 Å². The van der Waals surface area contributed by atoms with E-state index in [1.54, 1.807) is 0 Å². The summed E-state index contributed by atoms with van der Waals surface area (Å²) < 4.78 is 6.06. The molecule has 1 aromatic carbocycles. The van der Waals surface area contributed by atoms with E-state index < -0.39 is 8.32 Å². The van der Waals surface area contributed by atoms with Crippen LogP contribution in [0.5, 0.6) is 0 Å². The molecule has 1 rings (SSSR count). The summed E-state index contributed by atoms with van der Waals surface area (Å²) in [5.74, 6) is 22.4. The van der Waals surface area contributed by atoms with Crippen LogP contribution in [-0.2, 0) is 4.43 Å². The lowest BCUT2D eigenvalue weighted by Crippen LogP contribution is -2.40. The van der Waals surface area contributed by atoms with Gasteiger partial charge in [0.15, 0.2) is 8.32 Å². The fourth-order valence-electron chi connectivity index (χ4n) is 1.84. The van der Waals surface area contributed by atoms with Crippen LogP contribution in [0.2, 0.25) is 18.1 Å². The summed E-state index contributed by atoms with van der Waals surface area (Å²) in [6, 6.07) is 10.2. The van der Waals surface area contributed by atoms with Crippen molar-refractivity contribution in [3.63, 3.8) is 0 Å². The van der Waals surface area contributed by atoms with Crippen LogP contribution >= 0.6 is 0 Å². The molecule has 0 spiro atoms. The van der Waals surface area contributed by atoms with Gasteiger partial charge in [-0.25, -0.2) is 0 Å². The normalized spacial score (nSPS) is 10.8. The molecule has 0 aliphatic rings. The van der Waals surface area contributed by atoms with Crippen molar-refractivity contribution in [1.29, 1.82) is 0 Å². The summed E-state index contributed by atoms with van der Waals surface area (Å²) in [7, 11) is -1.68. The molecule has 0 aliphatic carbocycles. The first-order chi connectivity index (χ1) is 13.8. The smallest absolute Gasteiger partial charge is 0.192 e. The van der Waals surface area contributed by atoms with Crippen molar-refractivity contribution in [2.24, 2.45) is 0 Å². The number of benzene rings is 1. The molecule has 0 fully saturated rings. The van der Waals surface area contributed by atoms with Crippen molar-refractivity contribution in [2.75, 3.05) is 6.61 Å².